The molecule has 1 heterocycles. The fourth-order valence-corrected chi connectivity index (χ4v) is 2.06. The zero-order chi connectivity index (χ0) is 11.7. The average molecular weight is 255 g/mol. The van der Waals surface area contributed by atoms with Crippen LogP contribution in [0.3, 0.4) is 0 Å². The molecule has 0 fully saturated rings. The van der Waals surface area contributed by atoms with Crippen molar-refractivity contribution in [3.63, 3.8) is 0 Å². The molecular formula is C11H8Cl2N2O. The van der Waals surface area contributed by atoms with Crippen molar-refractivity contribution in [3.8, 4) is 11.3 Å². The highest BCUT2D eigenvalue weighted by molar-refractivity contribution is 6.39. The Morgan fingerprint density at radius 2 is 1.69 bits per heavy atom. The van der Waals surface area contributed by atoms with E-state index in [2.05, 4.69) is 0 Å². The van der Waals surface area contributed by atoms with Crippen LogP contribution in [-0.4, -0.2) is 0 Å². The van der Waals surface area contributed by atoms with Crippen LogP contribution in [0.25, 0.3) is 11.3 Å². The number of hydrogen-bond donors (Lipinski definition) is 1. The first-order valence-corrected chi connectivity index (χ1v) is 5.29. The number of benzene rings is 1. The molecule has 0 spiro atoms. The van der Waals surface area contributed by atoms with Gasteiger partial charge in [0.2, 0.25) is 5.69 Å². The predicted molar refractivity (Wildman–Crippen MR) is 65.3 cm³/mol. The van der Waals surface area contributed by atoms with E-state index in [9.17, 15) is 5.21 Å². The molecule has 3 nitrogen and oxygen atoms in total. The van der Waals surface area contributed by atoms with Crippen LogP contribution in [0.5, 0.6) is 0 Å². The SMILES string of the molecule is Nc1ccc[n+]([O-])c1-c1c(Cl)cccc1Cl. The second kappa shape index (κ2) is 4.20. The van der Waals surface area contributed by atoms with E-state index in [1.807, 2.05) is 0 Å². The zero-order valence-electron chi connectivity index (χ0n) is 8.15. The van der Waals surface area contributed by atoms with Crippen LogP contribution in [0.1, 0.15) is 0 Å². The number of halogens is 2. The van der Waals surface area contributed by atoms with E-state index < -0.39 is 0 Å². The van der Waals surface area contributed by atoms with E-state index >= 15 is 0 Å². The molecule has 0 unspecified atom stereocenters. The van der Waals surface area contributed by atoms with Crippen molar-refractivity contribution in [1.29, 1.82) is 0 Å². The fourth-order valence-electron chi connectivity index (χ4n) is 1.48. The Morgan fingerprint density at radius 1 is 1.06 bits per heavy atom. The van der Waals surface area contributed by atoms with Crippen molar-refractivity contribution in [3.05, 3.63) is 51.8 Å². The molecule has 16 heavy (non-hydrogen) atoms. The molecule has 82 valence electrons. The van der Waals surface area contributed by atoms with Crippen LogP contribution in [-0.2, 0) is 0 Å². The number of nitrogens with zero attached hydrogens (tertiary/aromatic N) is 1. The summed E-state index contributed by atoms with van der Waals surface area (Å²) in [5.41, 5.74) is 6.83. The summed E-state index contributed by atoms with van der Waals surface area (Å²) >= 11 is 12.0. The lowest BCUT2D eigenvalue weighted by Gasteiger charge is -2.09. The maximum Gasteiger partial charge on any atom is 0.249 e. The first-order valence-electron chi connectivity index (χ1n) is 4.53. The largest absolute Gasteiger partial charge is 0.618 e. The standard InChI is InChI=1S/C11H8Cl2N2O/c12-7-3-1-4-8(13)10(7)11-9(14)5-2-6-15(11)16/h1-6H,14H2. The monoisotopic (exact) mass is 254 g/mol. The molecule has 1 aromatic heterocycles. The minimum absolute atomic E-state index is 0.276. The van der Waals surface area contributed by atoms with Gasteiger partial charge in [-0.3, -0.25) is 0 Å². The molecule has 2 N–H and O–H groups in total. The molecule has 0 aliphatic carbocycles. The van der Waals surface area contributed by atoms with Crippen LogP contribution in [0.4, 0.5) is 5.69 Å². The number of aromatic nitrogens is 1. The fraction of sp³-hybridized carbons (Fsp3) is 0. The number of nitrogens with two attached hydrogens (primary N) is 1. The van der Waals surface area contributed by atoms with Gasteiger partial charge in [0, 0.05) is 6.07 Å². The molecule has 1 aromatic carbocycles. The molecule has 2 aromatic rings. The number of hydrogen-bond acceptors (Lipinski definition) is 2. The Kier molecular flexibility index (Phi) is 2.90. The van der Waals surface area contributed by atoms with Gasteiger partial charge in [-0.15, -0.1) is 0 Å². The molecule has 0 amide bonds. The second-order valence-corrected chi connectivity index (χ2v) is 4.05. The molecule has 2 rings (SSSR count). The van der Waals surface area contributed by atoms with Crippen LogP contribution in [0.2, 0.25) is 10.0 Å². The highest BCUT2D eigenvalue weighted by Crippen LogP contribution is 2.35. The Hall–Kier alpha value is -1.45. The van der Waals surface area contributed by atoms with Crippen molar-refractivity contribution in [1.82, 2.24) is 0 Å². The lowest BCUT2D eigenvalue weighted by Crippen LogP contribution is -2.29. The minimum Gasteiger partial charge on any atom is -0.618 e. The van der Waals surface area contributed by atoms with Crippen molar-refractivity contribution in [2.75, 3.05) is 5.73 Å². The highest BCUT2D eigenvalue weighted by Gasteiger charge is 2.19. The van der Waals surface area contributed by atoms with Crippen LogP contribution >= 0.6 is 23.2 Å². The summed E-state index contributed by atoms with van der Waals surface area (Å²) in [5.74, 6) is 0. The smallest absolute Gasteiger partial charge is 0.249 e. The first kappa shape index (κ1) is 11.0. The minimum atomic E-state index is 0.276. The maximum absolute atomic E-state index is 11.7. The van der Waals surface area contributed by atoms with E-state index in [0.29, 0.717) is 26.0 Å². The summed E-state index contributed by atoms with van der Waals surface area (Å²) in [5, 5.41) is 12.5. The predicted octanol–water partition coefficient (Wildman–Crippen LogP) is 2.88. The van der Waals surface area contributed by atoms with Gasteiger partial charge >= 0.3 is 0 Å². The third kappa shape index (κ3) is 1.79. The summed E-state index contributed by atoms with van der Waals surface area (Å²) in [6.07, 6.45) is 1.35. The number of pyridine rings is 1. The third-order valence-corrected chi connectivity index (χ3v) is 2.82. The van der Waals surface area contributed by atoms with Gasteiger partial charge in [0.1, 0.15) is 5.69 Å². The van der Waals surface area contributed by atoms with Gasteiger partial charge in [-0.25, -0.2) is 0 Å². The summed E-state index contributed by atoms with van der Waals surface area (Å²) in [4.78, 5) is 0. The lowest BCUT2D eigenvalue weighted by molar-refractivity contribution is -0.593. The number of anilines is 1. The normalized spacial score (nSPS) is 10.4. The van der Waals surface area contributed by atoms with E-state index in [-0.39, 0.29) is 5.69 Å². The van der Waals surface area contributed by atoms with Crippen LogP contribution in [0, 0.1) is 5.21 Å². The Labute approximate surface area is 103 Å². The number of nitrogen functional groups attached to an aromatic ring is 1. The molecule has 5 heteroatoms. The molecule has 0 radical (unpaired) electrons. The topological polar surface area (TPSA) is 53.0 Å². The molecule has 0 bridgehead atoms. The zero-order valence-corrected chi connectivity index (χ0v) is 9.66. The van der Waals surface area contributed by atoms with E-state index in [1.165, 1.54) is 6.20 Å². The van der Waals surface area contributed by atoms with Gasteiger partial charge in [0.25, 0.3) is 0 Å². The molecule has 0 saturated heterocycles. The highest BCUT2D eigenvalue weighted by atomic mass is 35.5. The van der Waals surface area contributed by atoms with Gasteiger partial charge in [-0.2, -0.15) is 4.73 Å². The van der Waals surface area contributed by atoms with Crippen molar-refractivity contribution in [2.45, 2.75) is 0 Å². The summed E-state index contributed by atoms with van der Waals surface area (Å²) in [7, 11) is 0. The van der Waals surface area contributed by atoms with Gasteiger partial charge < -0.3 is 10.9 Å². The molecule has 0 saturated carbocycles. The molecule has 0 atom stereocenters. The van der Waals surface area contributed by atoms with Crippen molar-refractivity contribution >= 4 is 28.9 Å². The van der Waals surface area contributed by atoms with E-state index in [4.69, 9.17) is 28.9 Å². The Morgan fingerprint density at radius 3 is 2.25 bits per heavy atom. The number of rotatable bonds is 1. The van der Waals surface area contributed by atoms with Gasteiger partial charge in [0.05, 0.1) is 15.6 Å². The second-order valence-electron chi connectivity index (χ2n) is 3.23. The summed E-state index contributed by atoms with van der Waals surface area (Å²) in [6.45, 7) is 0. The molecule has 0 aliphatic rings. The van der Waals surface area contributed by atoms with Gasteiger partial charge in [-0.05, 0) is 18.2 Å². The maximum atomic E-state index is 11.7. The summed E-state index contributed by atoms with van der Waals surface area (Å²) < 4.78 is 0.655. The van der Waals surface area contributed by atoms with Gasteiger partial charge in [-0.1, -0.05) is 29.3 Å². The van der Waals surface area contributed by atoms with Crippen LogP contribution in [0.15, 0.2) is 36.5 Å². The quantitative estimate of drug-likeness (QED) is 0.629. The van der Waals surface area contributed by atoms with Crippen molar-refractivity contribution in [2.24, 2.45) is 0 Å². The van der Waals surface area contributed by atoms with Crippen LogP contribution < -0.4 is 10.5 Å². The third-order valence-electron chi connectivity index (χ3n) is 2.19. The van der Waals surface area contributed by atoms with E-state index in [1.54, 1.807) is 30.3 Å². The first-order chi connectivity index (χ1) is 7.61. The Balaban J connectivity index is 2.77. The lowest BCUT2D eigenvalue weighted by atomic mass is 10.1. The molecular weight excluding hydrogens is 247 g/mol. The molecule has 0 aliphatic heterocycles. The average Bonchev–Trinajstić information content (AvgIpc) is 2.21. The summed E-state index contributed by atoms with van der Waals surface area (Å²) in [6, 6.07) is 8.23. The Bertz CT molecular complexity index is 454. The van der Waals surface area contributed by atoms with E-state index in [0.717, 1.165) is 0 Å². The van der Waals surface area contributed by atoms with Crippen molar-refractivity contribution < 1.29 is 4.73 Å². The van der Waals surface area contributed by atoms with Gasteiger partial charge in [0.15, 0.2) is 6.20 Å².